The molecule has 1 aromatic carbocycles. The highest BCUT2D eigenvalue weighted by atomic mass is 35.5. The first-order valence-electron chi connectivity index (χ1n) is 8.40. The Balaban J connectivity index is 1.65. The molecule has 0 saturated carbocycles. The van der Waals surface area contributed by atoms with Crippen LogP contribution in [0.4, 0.5) is 5.13 Å². The third kappa shape index (κ3) is 4.60. The molecule has 1 atom stereocenters. The Bertz CT molecular complexity index is 945. The quantitative estimate of drug-likeness (QED) is 0.762. The number of anilines is 1. The molecular formula is C17H20ClN3O4S2. The SMILES string of the molecule is Cc1c(Cl)cccc1S(=O)(=O)Nc1nc(CCN2CCOC(C)C2=O)cs1. The monoisotopic (exact) mass is 429 g/mol. The van der Waals surface area contributed by atoms with Gasteiger partial charge < -0.3 is 9.64 Å². The lowest BCUT2D eigenvalue weighted by atomic mass is 10.2. The third-order valence-electron chi connectivity index (χ3n) is 4.31. The van der Waals surface area contributed by atoms with Crippen molar-refractivity contribution in [3.63, 3.8) is 0 Å². The van der Waals surface area contributed by atoms with Crippen LogP contribution in [0.15, 0.2) is 28.5 Å². The number of morpholine rings is 1. The summed E-state index contributed by atoms with van der Waals surface area (Å²) in [6, 6.07) is 4.74. The van der Waals surface area contributed by atoms with Crippen molar-refractivity contribution in [2.45, 2.75) is 31.3 Å². The molecule has 146 valence electrons. The summed E-state index contributed by atoms with van der Waals surface area (Å²) in [6.45, 7) is 5.00. The zero-order valence-electron chi connectivity index (χ0n) is 14.9. The molecule has 7 nitrogen and oxygen atoms in total. The van der Waals surface area contributed by atoms with E-state index in [9.17, 15) is 13.2 Å². The Labute approximate surface area is 167 Å². The van der Waals surface area contributed by atoms with Crippen molar-refractivity contribution < 1.29 is 17.9 Å². The number of hydrogen-bond acceptors (Lipinski definition) is 6. The van der Waals surface area contributed by atoms with E-state index >= 15 is 0 Å². The topological polar surface area (TPSA) is 88.6 Å². The number of amides is 1. The normalized spacial score (nSPS) is 18.0. The van der Waals surface area contributed by atoms with Crippen LogP contribution >= 0.6 is 22.9 Å². The van der Waals surface area contributed by atoms with E-state index in [1.54, 1.807) is 36.3 Å². The highest BCUT2D eigenvalue weighted by Gasteiger charge is 2.25. The van der Waals surface area contributed by atoms with Gasteiger partial charge in [0.05, 0.1) is 17.2 Å². The van der Waals surface area contributed by atoms with Gasteiger partial charge in [-0.1, -0.05) is 17.7 Å². The Morgan fingerprint density at radius 1 is 1.44 bits per heavy atom. The summed E-state index contributed by atoms with van der Waals surface area (Å²) in [5, 5.41) is 2.46. The number of nitrogens with zero attached hydrogens (tertiary/aromatic N) is 2. The first kappa shape index (κ1) is 20.1. The number of carbonyl (C=O) groups is 1. The number of rotatable bonds is 6. The number of hydrogen-bond donors (Lipinski definition) is 1. The van der Waals surface area contributed by atoms with Crippen LogP contribution < -0.4 is 4.72 Å². The van der Waals surface area contributed by atoms with Crippen molar-refractivity contribution in [3.05, 3.63) is 39.9 Å². The fourth-order valence-corrected chi connectivity index (χ4v) is 5.26. The smallest absolute Gasteiger partial charge is 0.263 e. The van der Waals surface area contributed by atoms with Gasteiger partial charge >= 0.3 is 0 Å². The number of sulfonamides is 1. The molecule has 1 unspecified atom stereocenters. The minimum absolute atomic E-state index is 0.0335. The summed E-state index contributed by atoms with van der Waals surface area (Å²) < 4.78 is 33.0. The lowest BCUT2D eigenvalue weighted by molar-refractivity contribution is -0.151. The predicted octanol–water partition coefficient (Wildman–Crippen LogP) is 2.70. The van der Waals surface area contributed by atoms with Gasteiger partial charge in [0, 0.05) is 29.9 Å². The number of benzene rings is 1. The molecule has 10 heteroatoms. The van der Waals surface area contributed by atoms with E-state index in [2.05, 4.69) is 9.71 Å². The molecule has 1 amide bonds. The van der Waals surface area contributed by atoms with Gasteiger partial charge in [-0.15, -0.1) is 11.3 Å². The minimum Gasteiger partial charge on any atom is -0.367 e. The predicted molar refractivity (Wildman–Crippen MR) is 105 cm³/mol. The van der Waals surface area contributed by atoms with Crippen molar-refractivity contribution in [1.29, 1.82) is 0 Å². The maximum Gasteiger partial charge on any atom is 0.263 e. The summed E-state index contributed by atoms with van der Waals surface area (Å²) in [4.78, 5) is 18.2. The maximum absolute atomic E-state index is 12.6. The van der Waals surface area contributed by atoms with Crippen LogP contribution in [0.5, 0.6) is 0 Å². The summed E-state index contributed by atoms with van der Waals surface area (Å²) in [6.07, 6.45) is 0.130. The van der Waals surface area contributed by atoms with E-state index in [4.69, 9.17) is 16.3 Å². The third-order valence-corrected chi connectivity index (χ3v) is 7.14. The van der Waals surface area contributed by atoms with Gasteiger partial charge in [0.1, 0.15) is 6.10 Å². The zero-order valence-corrected chi connectivity index (χ0v) is 17.3. The standard InChI is InChI=1S/C17H20ClN3O4S2/c1-11-14(18)4-3-5-15(11)27(23,24)20-17-19-13(10-26-17)6-7-21-8-9-25-12(2)16(21)22/h3-5,10,12H,6-9H2,1-2H3,(H,19,20). The molecule has 1 N–H and O–H groups in total. The molecule has 0 aliphatic carbocycles. The van der Waals surface area contributed by atoms with Crippen molar-refractivity contribution in [2.24, 2.45) is 0 Å². The Morgan fingerprint density at radius 2 is 2.22 bits per heavy atom. The van der Waals surface area contributed by atoms with E-state index < -0.39 is 16.1 Å². The van der Waals surface area contributed by atoms with Crippen LogP contribution in [-0.2, 0) is 26.0 Å². The first-order valence-corrected chi connectivity index (χ1v) is 11.1. The average Bonchev–Trinajstić information content (AvgIpc) is 3.05. The van der Waals surface area contributed by atoms with Gasteiger partial charge in [-0.2, -0.15) is 0 Å². The Kier molecular flexibility index (Phi) is 6.05. The molecule has 0 bridgehead atoms. The number of ether oxygens (including phenoxy) is 1. The van der Waals surface area contributed by atoms with Crippen LogP contribution in [0.1, 0.15) is 18.2 Å². The largest absolute Gasteiger partial charge is 0.367 e. The molecule has 0 spiro atoms. The Morgan fingerprint density at radius 3 is 3.00 bits per heavy atom. The number of thiazole rings is 1. The number of aromatic nitrogens is 1. The van der Waals surface area contributed by atoms with E-state index in [1.807, 2.05) is 0 Å². The Hall–Kier alpha value is -1.68. The molecular weight excluding hydrogens is 410 g/mol. The van der Waals surface area contributed by atoms with Gasteiger partial charge in [-0.05, 0) is 31.5 Å². The zero-order chi connectivity index (χ0) is 19.6. The second-order valence-corrected chi connectivity index (χ2v) is 9.12. The summed E-state index contributed by atoms with van der Waals surface area (Å²) in [5.74, 6) is -0.0335. The highest BCUT2D eigenvalue weighted by molar-refractivity contribution is 7.93. The van der Waals surface area contributed by atoms with E-state index in [1.165, 1.54) is 17.4 Å². The van der Waals surface area contributed by atoms with Crippen LogP contribution in [0, 0.1) is 6.92 Å². The molecule has 2 heterocycles. The van der Waals surface area contributed by atoms with Gasteiger partial charge in [-0.25, -0.2) is 13.4 Å². The van der Waals surface area contributed by atoms with E-state index in [0.29, 0.717) is 36.7 Å². The molecule has 0 radical (unpaired) electrons. The fourth-order valence-electron chi connectivity index (χ4n) is 2.77. The minimum atomic E-state index is -3.77. The molecule has 1 saturated heterocycles. The van der Waals surface area contributed by atoms with Gasteiger partial charge in [-0.3, -0.25) is 9.52 Å². The number of nitrogens with one attached hydrogen (secondary N) is 1. The molecule has 1 aromatic heterocycles. The molecule has 1 aliphatic heterocycles. The van der Waals surface area contributed by atoms with E-state index in [0.717, 1.165) is 5.69 Å². The lowest BCUT2D eigenvalue weighted by Gasteiger charge is -2.30. The van der Waals surface area contributed by atoms with Crippen molar-refractivity contribution in [3.8, 4) is 0 Å². The molecule has 3 rings (SSSR count). The molecule has 1 aliphatic rings. The van der Waals surface area contributed by atoms with Crippen LogP contribution in [0.25, 0.3) is 0 Å². The fraction of sp³-hybridized carbons (Fsp3) is 0.412. The van der Waals surface area contributed by atoms with Crippen molar-refractivity contribution in [2.75, 3.05) is 24.4 Å². The van der Waals surface area contributed by atoms with E-state index in [-0.39, 0.29) is 15.9 Å². The van der Waals surface area contributed by atoms with Crippen LogP contribution in [0.2, 0.25) is 5.02 Å². The van der Waals surface area contributed by atoms with Gasteiger partial charge in [0.2, 0.25) is 0 Å². The summed E-state index contributed by atoms with van der Waals surface area (Å²) >= 11 is 7.22. The van der Waals surface area contributed by atoms with Crippen LogP contribution in [0.3, 0.4) is 0 Å². The number of carbonyl (C=O) groups excluding carboxylic acids is 1. The second kappa shape index (κ2) is 8.14. The summed E-state index contributed by atoms with van der Waals surface area (Å²) in [7, 11) is -3.77. The summed E-state index contributed by atoms with van der Waals surface area (Å²) in [5.41, 5.74) is 1.22. The molecule has 2 aromatic rings. The number of halogens is 1. The average molecular weight is 430 g/mol. The van der Waals surface area contributed by atoms with Gasteiger partial charge in [0.25, 0.3) is 15.9 Å². The van der Waals surface area contributed by atoms with Crippen molar-refractivity contribution in [1.82, 2.24) is 9.88 Å². The lowest BCUT2D eigenvalue weighted by Crippen LogP contribution is -2.47. The second-order valence-electron chi connectivity index (χ2n) is 6.20. The van der Waals surface area contributed by atoms with Crippen LogP contribution in [-0.4, -0.2) is 50.0 Å². The molecule has 27 heavy (non-hydrogen) atoms. The molecule has 1 fully saturated rings. The maximum atomic E-state index is 12.6. The highest BCUT2D eigenvalue weighted by Crippen LogP contribution is 2.26. The first-order chi connectivity index (χ1) is 12.8. The van der Waals surface area contributed by atoms with Crippen molar-refractivity contribution >= 4 is 44.0 Å². The van der Waals surface area contributed by atoms with Gasteiger partial charge in [0.15, 0.2) is 5.13 Å².